The minimum absolute atomic E-state index is 0.0152. The SMILES string of the molecule is C/C(=C\C(Br)=C/F)C1(NC(=S)NC(=O)c2ccccc2)CN(C(=O)OC(C)(C)C)CC1CO. The lowest BCUT2D eigenvalue weighted by Gasteiger charge is -2.37. The summed E-state index contributed by atoms with van der Waals surface area (Å²) in [6, 6.07) is 8.56. The van der Waals surface area contributed by atoms with Crippen molar-refractivity contribution >= 4 is 45.3 Å². The maximum Gasteiger partial charge on any atom is 0.410 e. The normalized spacial score (nSPS) is 21.5. The number of nitrogens with one attached hydrogen (secondary N) is 2. The highest BCUT2D eigenvalue weighted by Gasteiger charge is 2.50. The molecule has 0 aliphatic carbocycles. The van der Waals surface area contributed by atoms with Gasteiger partial charge in [0.05, 0.1) is 18.7 Å². The molecule has 180 valence electrons. The van der Waals surface area contributed by atoms with Gasteiger partial charge in [0, 0.05) is 22.5 Å². The molecular weight excluding hydrogens is 513 g/mol. The Hall–Kier alpha value is -2.30. The Bertz CT molecular complexity index is 949. The molecule has 7 nitrogen and oxygen atoms in total. The average Bonchev–Trinajstić information content (AvgIpc) is 3.12. The fraction of sp³-hybridized carbons (Fsp3) is 0.435. The van der Waals surface area contributed by atoms with Gasteiger partial charge in [0.25, 0.3) is 5.91 Å². The molecule has 0 bridgehead atoms. The lowest BCUT2D eigenvalue weighted by molar-refractivity contribution is 0.0279. The summed E-state index contributed by atoms with van der Waals surface area (Å²) in [6.45, 7) is 7.00. The summed E-state index contributed by atoms with van der Waals surface area (Å²) in [5, 5.41) is 15.9. The predicted octanol–water partition coefficient (Wildman–Crippen LogP) is 4.04. The molecule has 0 aromatic heterocycles. The maximum atomic E-state index is 13.1. The number of aliphatic hydroxyl groups is 1. The van der Waals surface area contributed by atoms with Crippen molar-refractivity contribution < 1.29 is 23.8 Å². The van der Waals surface area contributed by atoms with Crippen LogP contribution in [0.3, 0.4) is 0 Å². The van der Waals surface area contributed by atoms with Crippen LogP contribution in [-0.2, 0) is 4.74 Å². The molecule has 3 N–H and O–H groups in total. The first-order chi connectivity index (χ1) is 15.4. The molecule has 1 fully saturated rings. The quantitative estimate of drug-likeness (QED) is 0.385. The van der Waals surface area contributed by atoms with Gasteiger partial charge in [0.1, 0.15) is 11.9 Å². The minimum Gasteiger partial charge on any atom is -0.444 e. The highest BCUT2D eigenvalue weighted by atomic mass is 79.9. The molecule has 2 rings (SSSR count). The lowest BCUT2D eigenvalue weighted by atomic mass is 9.81. The molecule has 33 heavy (non-hydrogen) atoms. The summed E-state index contributed by atoms with van der Waals surface area (Å²) in [5.41, 5.74) is -0.750. The molecule has 1 aliphatic heterocycles. The van der Waals surface area contributed by atoms with E-state index >= 15 is 0 Å². The van der Waals surface area contributed by atoms with E-state index in [9.17, 15) is 19.1 Å². The van der Waals surface area contributed by atoms with E-state index in [0.29, 0.717) is 17.5 Å². The van der Waals surface area contributed by atoms with Crippen molar-refractivity contribution in [2.24, 2.45) is 5.92 Å². The lowest BCUT2D eigenvalue weighted by Crippen LogP contribution is -2.59. The molecule has 10 heteroatoms. The van der Waals surface area contributed by atoms with E-state index in [-0.39, 0.29) is 29.3 Å². The number of carbonyl (C=O) groups is 2. The van der Waals surface area contributed by atoms with Crippen LogP contribution in [0.2, 0.25) is 0 Å². The molecule has 2 unspecified atom stereocenters. The van der Waals surface area contributed by atoms with Crippen LogP contribution in [-0.4, -0.2) is 58.0 Å². The first-order valence-corrected chi connectivity index (χ1v) is 11.5. The number of ether oxygens (including phenoxy) is 1. The standard InChI is InChI=1S/C23H29BrFN3O4S/c1-15(10-18(24)11-25)23(27-20(33)26-19(30)16-8-6-5-7-9-16)14-28(12-17(23)13-29)21(31)32-22(2,3)4/h5-11,17,29H,12-14H2,1-4H3,(H2,26,27,30,33)/b15-10+,18-11+. The van der Waals surface area contributed by atoms with E-state index in [0.717, 1.165) is 0 Å². The van der Waals surface area contributed by atoms with Crippen molar-refractivity contribution in [3.8, 4) is 0 Å². The minimum atomic E-state index is -1.07. The molecule has 0 spiro atoms. The van der Waals surface area contributed by atoms with Gasteiger partial charge in [-0.1, -0.05) is 18.2 Å². The highest BCUT2D eigenvalue weighted by Crippen LogP contribution is 2.36. The van der Waals surface area contributed by atoms with Crippen LogP contribution in [0, 0.1) is 5.92 Å². The highest BCUT2D eigenvalue weighted by molar-refractivity contribution is 9.11. The Kier molecular flexibility index (Phi) is 9.16. The smallest absolute Gasteiger partial charge is 0.410 e. The molecule has 1 aromatic carbocycles. The monoisotopic (exact) mass is 541 g/mol. The van der Waals surface area contributed by atoms with Gasteiger partial charge in [0.15, 0.2) is 5.11 Å². The molecule has 2 amide bonds. The summed E-state index contributed by atoms with van der Waals surface area (Å²) in [4.78, 5) is 26.8. The number of likely N-dealkylation sites (tertiary alicyclic amines) is 1. The number of halogens is 2. The Morgan fingerprint density at radius 2 is 2.00 bits per heavy atom. The summed E-state index contributed by atoms with van der Waals surface area (Å²) in [7, 11) is 0. The molecule has 2 atom stereocenters. The third-order valence-corrected chi connectivity index (χ3v) is 5.82. The Labute approximate surface area is 207 Å². The van der Waals surface area contributed by atoms with Gasteiger partial charge in [0.2, 0.25) is 0 Å². The molecule has 0 saturated carbocycles. The van der Waals surface area contributed by atoms with E-state index in [1.165, 1.54) is 11.0 Å². The predicted molar refractivity (Wildman–Crippen MR) is 133 cm³/mol. The third kappa shape index (κ3) is 7.09. The molecular formula is C23H29BrFN3O4S. The van der Waals surface area contributed by atoms with Gasteiger partial charge in [-0.15, -0.1) is 0 Å². The number of rotatable bonds is 5. The van der Waals surface area contributed by atoms with Gasteiger partial charge in [-0.25, -0.2) is 9.18 Å². The van der Waals surface area contributed by atoms with E-state index in [4.69, 9.17) is 17.0 Å². The second-order valence-corrected chi connectivity index (χ2v) is 10.1. The van der Waals surface area contributed by atoms with Crippen LogP contribution < -0.4 is 10.6 Å². The Morgan fingerprint density at radius 1 is 1.36 bits per heavy atom. The second kappa shape index (κ2) is 11.2. The van der Waals surface area contributed by atoms with Gasteiger partial charge >= 0.3 is 6.09 Å². The molecule has 1 aromatic rings. The van der Waals surface area contributed by atoms with Crippen molar-refractivity contribution in [1.82, 2.24) is 15.5 Å². The summed E-state index contributed by atoms with van der Waals surface area (Å²) < 4.78 is 18.7. The zero-order chi connectivity index (χ0) is 24.8. The molecule has 1 heterocycles. The van der Waals surface area contributed by atoms with Crippen LogP contribution >= 0.6 is 28.1 Å². The van der Waals surface area contributed by atoms with Crippen LogP contribution in [0.4, 0.5) is 9.18 Å². The number of nitrogens with zero attached hydrogens (tertiary/aromatic N) is 1. The van der Waals surface area contributed by atoms with Crippen LogP contribution in [0.5, 0.6) is 0 Å². The van der Waals surface area contributed by atoms with Gasteiger partial charge in [-0.3, -0.25) is 10.1 Å². The van der Waals surface area contributed by atoms with Gasteiger partial charge < -0.3 is 20.1 Å². The van der Waals surface area contributed by atoms with Crippen molar-refractivity contribution in [3.63, 3.8) is 0 Å². The number of thiocarbonyl (C=S) groups is 1. The Balaban J connectivity index is 2.35. The fourth-order valence-electron chi connectivity index (χ4n) is 3.65. The molecule has 1 saturated heterocycles. The number of benzene rings is 1. The van der Waals surface area contributed by atoms with Crippen molar-refractivity contribution in [2.45, 2.75) is 38.8 Å². The van der Waals surface area contributed by atoms with Crippen LogP contribution in [0.25, 0.3) is 0 Å². The first kappa shape index (κ1) is 26.9. The van der Waals surface area contributed by atoms with Crippen molar-refractivity contribution in [2.75, 3.05) is 19.7 Å². The summed E-state index contributed by atoms with van der Waals surface area (Å²) >= 11 is 8.53. The number of carbonyl (C=O) groups excluding carboxylic acids is 2. The van der Waals surface area contributed by atoms with Crippen molar-refractivity contribution in [1.29, 1.82) is 0 Å². The number of amides is 2. The van der Waals surface area contributed by atoms with Gasteiger partial charge in [-0.05, 0) is 79.6 Å². The third-order valence-electron chi connectivity index (χ3n) is 5.21. The van der Waals surface area contributed by atoms with Gasteiger partial charge in [-0.2, -0.15) is 0 Å². The number of allylic oxidation sites excluding steroid dienone is 2. The topological polar surface area (TPSA) is 90.9 Å². The summed E-state index contributed by atoms with van der Waals surface area (Å²) in [6.07, 6.45) is 1.38. The van der Waals surface area contributed by atoms with Crippen molar-refractivity contribution in [3.05, 3.63) is 58.4 Å². The van der Waals surface area contributed by atoms with E-state index < -0.39 is 29.1 Å². The van der Waals surface area contributed by atoms with Crippen LogP contribution in [0.15, 0.2) is 52.8 Å². The van der Waals surface area contributed by atoms with E-state index in [2.05, 4.69) is 26.6 Å². The fourth-order valence-corrected chi connectivity index (χ4v) is 4.27. The van der Waals surface area contributed by atoms with Crippen LogP contribution in [0.1, 0.15) is 38.1 Å². The largest absolute Gasteiger partial charge is 0.444 e. The zero-order valence-corrected chi connectivity index (χ0v) is 21.4. The average molecular weight is 542 g/mol. The maximum absolute atomic E-state index is 13.1. The zero-order valence-electron chi connectivity index (χ0n) is 19.0. The number of hydrogen-bond donors (Lipinski definition) is 3. The van der Waals surface area contributed by atoms with E-state index in [1.807, 2.05) is 0 Å². The number of aliphatic hydroxyl groups excluding tert-OH is 1. The number of hydrogen-bond acceptors (Lipinski definition) is 5. The molecule has 0 radical (unpaired) electrons. The van der Waals surface area contributed by atoms with E-state index in [1.54, 1.807) is 58.0 Å². The second-order valence-electron chi connectivity index (χ2n) is 8.81. The summed E-state index contributed by atoms with van der Waals surface area (Å²) in [5.74, 6) is -0.912. The first-order valence-electron chi connectivity index (χ1n) is 10.3. The Morgan fingerprint density at radius 3 is 2.55 bits per heavy atom. The molecule has 1 aliphatic rings.